The molecule has 1 N–H and O–H groups in total. The fourth-order valence-electron chi connectivity index (χ4n) is 2.92. The maximum Gasteiger partial charge on any atom is 0.338 e. The Morgan fingerprint density at radius 1 is 1.29 bits per heavy atom. The third-order valence-electron chi connectivity index (χ3n) is 4.28. The number of aromatic nitrogens is 3. The highest BCUT2D eigenvalue weighted by molar-refractivity contribution is 7.99. The van der Waals surface area contributed by atoms with Gasteiger partial charge in [0.2, 0.25) is 5.91 Å². The van der Waals surface area contributed by atoms with Crippen LogP contribution in [0, 0.1) is 12.7 Å². The summed E-state index contributed by atoms with van der Waals surface area (Å²) < 4.78 is 19.7. The van der Waals surface area contributed by atoms with Crippen LogP contribution in [0.15, 0.2) is 34.2 Å². The Morgan fingerprint density at radius 3 is 2.68 bits per heavy atom. The van der Waals surface area contributed by atoms with E-state index in [1.807, 2.05) is 6.92 Å². The molecule has 0 aliphatic heterocycles. The second kappa shape index (κ2) is 9.44. The van der Waals surface area contributed by atoms with Crippen molar-refractivity contribution in [2.24, 2.45) is 0 Å². The summed E-state index contributed by atoms with van der Waals surface area (Å²) in [4.78, 5) is 45.6. The second-order valence-electron chi connectivity index (χ2n) is 6.41. The Kier molecular flexibility index (Phi) is 6.91. The molecule has 3 rings (SSSR count). The first-order valence-corrected chi connectivity index (χ1v) is 10.5. The van der Waals surface area contributed by atoms with Crippen LogP contribution in [0.25, 0.3) is 11.0 Å². The average Bonchev–Trinajstić information content (AvgIpc) is 2.73. The number of methoxy groups -OCH3 is 1. The molecular weight excluding hydrogens is 447 g/mol. The number of ether oxygens (including phenoxy) is 1. The molecule has 0 saturated carbocycles. The lowest BCUT2D eigenvalue weighted by Crippen LogP contribution is -2.21. The van der Waals surface area contributed by atoms with E-state index in [4.69, 9.17) is 16.3 Å². The third kappa shape index (κ3) is 4.86. The molecule has 0 aliphatic rings. The number of amides is 1. The number of nitrogens with one attached hydrogen (secondary N) is 1. The summed E-state index contributed by atoms with van der Waals surface area (Å²) in [5.41, 5.74) is 0.614. The lowest BCUT2D eigenvalue weighted by atomic mass is 10.1. The van der Waals surface area contributed by atoms with E-state index in [9.17, 15) is 18.8 Å². The molecule has 0 spiro atoms. The maximum atomic E-state index is 13.3. The fourth-order valence-corrected chi connectivity index (χ4v) is 3.96. The number of fused-ring (bicyclic) bond motifs is 1. The zero-order valence-electron chi connectivity index (χ0n) is 16.9. The van der Waals surface area contributed by atoms with Crippen LogP contribution in [-0.4, -0.2) is 39.3 Å². The number of halogens is 2. The summed E-state index contributed by atoms with van der Waals surface area (Å²) in [6, 6.07) is 5.32. The van der Waals surface area contributed by atoms with Crippen LogP contribution in [0.4, 0.5) is 10.1 Å². The summed E-state index contributed by atoms with van der Waals surface area (Å²) in [6.45, 7) is 3.93. The molecule has 31 heavy (non-hydrogen) atoms. The molecule has 2 heterocycles. The Labute approximate surface area is 185 Å². The number of rotatable bonds is 6. The monoisotopic (exact) mass is 464 g/mol. The number of hydrogen-bond donors (Lipinski definition) is 1. The zero-order chi connectivity index (χ0) is 22.7. The highest BCUT2D eigenvalue weighted by Gasteiger charge is 2.20. The highest BCUT2D eigenvalue weighted by atomic mass is 35.5. The van der Waals surface area contributed by atoms with E-state index in [-0.39, 0.29) is 32.5 Å². The van der Waals surface area contributed by atoms with Gasteiger partial charge >= 0.3 is 5.97 Å². The van der Waals surface area contributed by atoms with Crippen molar-refractivity contribution in [2.45, 2.75) is 25.5 Å². The van der Waals surface area contributed by atoms with Crippen molar-refractivity contribution in [3.63, 3.8) is 0 Å². The van der Waals surface area contributed by atoms with Gasteiger partial charge in [0.25, 0.3) is 5.56 Å². The molecule has 0 saturated heterocycles. The van der Waals surface area contributed by atoms with Crippen LogP contribution in [0.2, 0.25) is 5.02 Å². The number of aryl methyl sites for hydroxylation is 2. The fraction of sp³-hybridized carbons (Fsp3) is 0.250. The summed E-state index contributed by atoms with van der Waals surface area (Å²) in [7, 11) is 1.23. The first kappa shape index (κ1) is 22.7. The standard InChI is InChI=1S/C20H18ClFN4O4S/c1-4-26-17-16(12(19(29)30-3)7-10(2)23-17)18(28)25-20(26)31-9-15(27)24-11-5-6-14(22)13(21)8-11/h5-8H,4,9H2,1-3H3,(H,24,27). The van der Waals surface area contributed by atoms with Crippen molar-refractivity contribution in [3.8, 4) is 0 Å². The van der Waals surface area contributed by atoms with Crippen molar-refractivity contribution in [1.82, 2.24) is 14.5 Å². The van der Waals surface area contributed by atoms with E-state index in [0.717, 1.165) is 17.8 Å². The molecule has 0 bridgehead atoms. The number of carbonyl (C=O) groups excluding carboxylic acids is 2. The number of thioether (sulfide) groups is 1. The van der Waals surface area contributed by atoms with Gasteiger partial charge in [-0.3, -0.25) is 9.59 Å². The summed E-state index contributed by atoms with van der Waals surface area (Å²) in [5, 5.41) is 2.84. The maximum absolute atomic E-state index is 13.3. The zero-order valence-corrected chi connectivity index (χ0v) is 18.4. The van der Waals surface area contributed by atoms with Gasteiger partial charge in [-0.2, -0.15) is 4.98 Å². The van der Waals surface area contributed by atoms with Gasteiger partial charge in [-0.25, -0.2) is 14.2 Å². The first-order chi connectivity index (χ1) is 14.7. The largest absolute Gasteiger partial charge is 0.465 e. The van der Waals surface area contributed by atoms with E-state index in [0.29, 0.717) is 17.9 Å². The molecule has 1 aromatic carbocycles. The van der Waals surface area contributed by atoms with E-state index in [1.54, 1.807) is 11.5 Å². The Hall–Kier alpha value is -2.98. The Morgan fingerprint density at radius 2 is 2.03 bits per heavy atom. The quantitative estimate of drug-likeness (QED) is 0.338. The van der Waals surface area contributed by atoms with Gasteiger partial charge < -0.3 is 14.6 Å². The van der Waals surface area contributed by atoms with Gasteiger partial charge in [-0.15, -0.1) is 0 Å². The van der Waals surface area contributed by atoms with Gasteiger partial charge in [0.1, 0.15) is 11.5 Å². The van der Waals surface area contributed by atoms with E-state index < -0.39 is 23.3 Å². The molecular formula is C20H18ClFN4O4S. The summed E-state index contributed by atoms with van der Waals surface area (Å²) in [6.07, 6.45) is 0. The number of hydrogen-bond acceptors (Lipinski definition) is 7. The van der Waals surface area contributed by atoms with Crippen LogP contribution in [0.3, 0.4) is 0 Å². The molecule has 1 amide bonds. The third-order valence-corrected chi connectivity index (χ3v) is 5.55. The molecule has 0 atom stereocenters. The van der Waals surface area contributed by atoms with Crippen LogP contribution >= 0.6 is 23.4 Å². The molecule has 0 unspecified atom stereocenters. The molecule has 0 aliphatic carbocycles. The molecule has 2 aromatic heterocycles. The minimum atomic E-state index is -0.658. The van der Waals surface area contributed by atoms with E-state index in [1.165, 1.54) is 25.3 Å². The van der Waals surface area contributed by atoms with Crippen molar-refractivity contribution in [1.29, 1.82) is 0 Å². The van der Waals surface area contributed by atoms with Crippen LogP contribution in [0.5, 0.6) is 0 Å². The second-order valence-corrected chi connectivity index (χ2v) is 7.76. The topological polar surface area (TPSA) is 103 Å². The molecule has 11 heteroatoms. The number of pyridine rings is 1. The predicted octanol–water partition coefficient (Wildman–Crippen LogP) is 3.43. The molecule has 8 nitrogen and oxygen atoms in total. The minimum Gasteiger partial charge on any atom is -0.465 e. The molecule has 3 aromatic rings. The Balaban J connectivity index is 1.92. The summed E-state index contributed by atoms with van der Waals surface area (Å²) in [5.74, 6) is -1.70. The van der Waals surface area contributed by atoms with E-state index >= 15 is 0 Å². The van der Waals surface area contributed by atoms with Crippen molar-refractivity contribution in [2.75, 3.05) is 18.2 Å². The van der Waals surface area contributed by atoms with Crippen LogP contribution < -0.4 is 10.9 Å². The van der Waals surface area contributed by atoms with Gasteiger partial charge in [-0.1, -0.05) is 23.4 Å². The minimum absolute atomic E-state index is 0.0639. The molecule has 0 radical (unpaired) electrons. The number of nitrogens with zero attached hydrogens (tertiary/aromatic N) is 3. The van der Waals surface area contributed by atoms with Crippen LogP contribution in [-0.2, 0) is 16.1 Å². The smallest absolute Gasteiger partial charge is 0.338 e. The van der Waals surface area contributed by atoms with E-state index in [2.05, 4.69) is 15.3 Å². The highest BCUT2D eigenvalue weighted by Crippen LogP contribution is 2.23. The van der Waals surface area contributed by atoms with Gasteiger partial charge in [0.05, 0.1) is 28.8 Å². The molecule has 0 fully saturated rings. The van der Waals surface area contributed by atoms with Crippen LogP contribution in [0.1, 0.15) is 23.0 Å². The van der Waals surface area contributed by atoms with Crippen molar-refractivity contribution < 1.29 is 18.7 Å². The Bertz CT molecular complexity index is 1250. The predicted molar refractivity (Wildman–Crippen MR) is 116 cm³/mol. The lowest BCUT2D eigenvalue weighted by molar-refractivity contribution is -0.113. The number of benzene rings is 1. The summed E-state index contributed by atoms with van der Waals surface area (Å²) >= 11 is 6.76. The SMILES string of the molecule is CCn1c(SCC(=O)Nc2ccc(F)c(Cl)c2)nc(=O)c2c(C(=O)OC)cc(C)nc21. The van der Waals surface area contributed by atoms with Crippen molar-refractivity contribution >= 4 is 52.0 Å². The number of esters is 1. The van der Waals surface area contributed by atoms with Gasteiger partial charge in [0.15, 0.2) is 5.16 Å². The van der Waals surface area contributed by atoms with Crippen molar-refractivity contribution in [3.05, 3.63) is 56.7 Å². The average molecular weight is 465 g/mol. The normalized spacial score (nSPS) is 10.9. The number of carbonyl (C=O) groups is 2. The molecule has 162 valence electrons. The number of anilines is 1. The first-order valence-electron chi connectivity index (χ1n) is 9.13. The van der Waals surface area contributed by atoms with Gasteiger partial charge in [0, 0.05) is 17.9 Å². The van der Waals surface area contributed by atoms with Gasteiger partial charge in [-0.05, 0) is 38.1 Å². The lowest BCUT2D eigenvalue weighted by Gasteiger charge is -2.14.